The molecule has 1 saturated heterocycles. The van der Waals surface area contributed by atoms with E-state index in [9.17, 15) is 19.8 Å². The average Bonchev–Trinajstić information content (AvgIpc) is 3.19. The van der Waals surface area contributed by atoms with E-state index in [2.05, 4.69) is 0 Å². The number of aromatic hydroxyl groups is 1. The number of phenolic OH excluding ortho intramolecular Hbond substituents is 1. The Morgan fingerprint density at radius 1 is 0.974 bits per heavy atom. The van der Waals surface area contributed by atoms with Gasteiger partial charge in [0.2, 0.25) is 0 Å². The van der Waals surface area contributed by atoms with E-state index in [1.165, 1.54) is 11.0 Å². The molecule has 1 heterocycles. The van der Waals surface area contributed by atoms with Crippen LogP contribution in [0.5, 0.6) is 17.2 Å². The first-order valence-corrected chi connectivity index (χ1v) is 12.2. The Morgan fingerprint density at radius 3 is 2.47 bits per heavy atom. The lowest BCUT2D eigenvalue weighted by Crippen LogP contribution is -2.29. The standard InChI is InChI=1S/C31H27NO6/c1-4-38-26-17-20(12-15-25(26)33)28-27(29(34)22-14-13-21(37-3)16-18(22)2)30(35)31(36)32(28)24-11-7-9-19-8-5-6-10-23(19)24/h5-17,28,33-34H,4H2,1-3H3/b29-27+. The molecule has 7 heteroatoms. The second-order valence-electron chi connectivity index (χ2n) is 9.01. The highest BCUT2D eigenvalue weighted by molar-refractivity contribution is 6.52. The maximum Gasteiger partial charge on any atom is 0.300 e. The van der Waals surface area contributed by atoms with Gasteiger partial charge in [-0.15, -0.1) is 0 Å². The molecule has 0 saturated carbocycles. The SMILES string of the molecule is CCOc1cc(C2/C(=C(\O)c3ccc(OC)cc3C)C(=O)C(=O)N2c2cccc3ccccc23)ccc1O. The van der Waals surface area contributed by atoms with E-state index < -0.39 is 17.7 Å². The molecule has 1 aliphatic heterocycles. The van der Waals surface area contributed by atoms with Crippen LogP contribution in [-0.2, 0) is 9.59 Å². The number of hydrogen-bond donors (Lipinski definition) is 2. The number of Topliss-reactive ketones (excluding diaryl/α,β-unsaturated/α-hetero) is 1. The first-order valence-electron chi connectivity index (χ1n) is 12.2. The number of methoxy groups -OCH3 is 1. The Labute approximate surface area is 220 Å². The molecule has 2 N–H and O–H groups in total. The first kappa shape index (κ1) is 24.9. The minimum Gasteiger partial charge on any atom is -0.507 e. The van der Waals surface area contributed by atoms with Gasteiger partial charge in [-0.3, -0.25) is 14.5 Å². The molecule has 0 aromatic heterocycles. The predicted octanol–water partition coefficient (Wildman–Crippen LogP) is 5.89. The van der Waals surface area contributed by atoms with Gasteiger partial charge in [-0.1, -0.05) is 42.5 Å². The smallest absolute Gasteiger partial charge is 0.300 e. The number of aliphatic hydroxyl groups is 1. The number of ketones is 1. The quantitative estimate of drug-likeness (QED) is 0.191. The number of anilines is 1. The lowest BCUT2D eigenvalue weighted by molar-refractivity contribution is -0.132. The Bertz CT molecular complexity index is 1600. The molecule has 0 bridgehead atoms. The maximum atomic E-state index is 13.7. The fraction of sp³-hybridized carbons (Fsp3) is 0.161. The number of fused-ring (bicyclic) bond motifs is 1. The lowest BCUT2D eigenvalue weighted by Gasteiger charge is -2.27. The fourth-order valence-corrected chi connectivity index (χ4v) is 4.96. The number of nitrogens with zero attached hydrogens (tertiary/aromatic N) is 1. The van der Waals surface area contributed by atoms with Crippen molar-refractivity contribution >= 4 is 33.9 Å². The number of ether oxygens (including phenoxy) is 2. The Balaban J connectivity index is 1.79. The summed E-state index contributed by atoms with van der Waals surface area (Å²) in [5.74, 6) is -1.10. The summed E-state index contributed by atoms with van der Waals surface area (Å²) in [5, 5.41) is 23.6. The van der Waals surface area contributed by atoms with Gasteiger partial charge in [-0.2, -0.15) is 0 Å². The molecule has 1 atom stereocenters. The fourth-order valence-electron chi connectivity index (χ4n) is 4.96. The Hall–Kier alpha value is -4.78. The minimum absolute atomic E-state index is 0.0515. The van der Waals surface area contributed by atoms with Crippen molar-refractivity contribution in [2.45, 2.75) is 19.9 Å². The van der Waals surface area contributed by atoms with Crippen LogP contribution in [0.2, 0.25) is 0 Å². The molecule has 7 nitrogen and oxygen atoms in total. The number of phenols is 1. The van der Waals surface area contributed by atoms with Crippen molar-refractivity contribution in [3.05, 3.63) is 101 Å². The molecular formula is C31H27NO6. The molecular weight excluding hydrogens is 482 g/mol. The Morgan fingerprint density at radius 2 is 1.74 bits per heavy atom. The van der Waals surface area contributed by atoms with Crippen molar-refractivity contribution in [2.24, 2.45) is 0 Å². The molecule has 0 radical (unpaired) electrons. The van der Waals surface area contributed by atoms with E-state index >= 15 is 0 Å². The summed E-state index contributed by atoms with van der Waals surface area (Å²) in [6.45, 7) is 3.90. The highest BCUT2D eigenvalue weighted by Crippen LogP contribution is 2.46. The van der Waals surface area contributed by atoms with Crippen LogP contribution in [0.3, 0.4) is 0 Å². The number of amides is 1. The van der Waals surface area contributed by atoms with Crippen molar-refractivity contribution in [1.82, 2.24) is 0 Å². The molecule has 1 amide bonds. The number of hydrogen-bond acceptors (Lipinski definition) is 6. The van der Waals surface area contributed by atoms with Crippen molar-refractivity contribution in [3.8, 4) is 17.2 Å². The van der Waals surface area contributed by atoms with Crippen molar-refractivity contribution < 1.29 is 29.3 Å². The third kappa shape index (κ3) is 4.12. The molecule has 1 aliphatic rings. The first-order chi connectivity index (χ1) is 18.3. The van der Waals surface area contributed by atoms with E-state index in [0.29, 0.717) is 34.7 Å². The van der Waals surface area contributed by atoms with Gasteiger partial charge >= 0.3 is 0 Å². The van der Waals surface area contributed by atoms with Crippen LogP contribution in [0, 0.1) is 6.92 Å². The lowest BCUT2D eigenvalue weighted by atomic mass is 9.93. The number of carbonyl (C=O) groups is 2. The average molecular weight is 510 g/mol. The second kappa shape index (κ2) is 9.94. The molecule has 5 rings (SSSR count). The van der Waals surface area contributed by atoms with Crippen LogP contribution in [0.4, 0.5) is 5.69 Å². The van der Waals surface area contributed by atoms with Gasteiger partial charge in [0.05, 0.1) is 31.0 Å². The van der Waals surface area contributed by atoms with Crippen molar-refractivity contribution in [3.63, 3.8) is 0 Å². The van der Waals surface area contributed by atoms with E-state index in [-0.39, 0.29) is 22.8 Å². The van der Waals surface area contributed by atoms with Gasteiger partial charge in [-0.25, -0.2) is 0 Å². The summed E-state index contributed by atoms with van der Waals surface area (Å²) in [6.07, 6.45) is 0. The summed E-state index contributed by atoms with van der Waals surface area (Å²) < 4.78 is 10.9. The van der Waals surface area contributed by atoms with Gasteiger partial charge < -0.3 is 19.7 Å². The van der Waals surface area contributed by atoms with Crippen molar-refractivity contribution in [1.29, 1.82) is 0 Å². The second-order valence-corrected chi connectivity index (χ2v) is 9.01. The molecule has 0 aliphatic carbocycles. The molecule has 4 aromatic rings. The molecule has 1 fully saturated rings. The summed E-state index contributed by atoms with van der Waals surface area (Å²) in [6, 6.07) is 21.9. The normalized spacial score (nSPS) is 16.7. The topological polar surface area (TPSA) is 96.3 Å². The third-order valence-corrected chi connectivity index (χ3v) is 6.76. The molecule has 0 spiro atoms. The number of aliphatic hydroxyl groups excluding tert-OH is 1. The van der Waals surface area contributed by atoms with Crippen LogP contribution >= 0.6 is 0 Å². The van der Waals surface area contributed by atoms with Gasteiger partial charge in [-0.05, 0) is 66.8 Å². The van der Waals surface area contributed by atoms with Crippen molar-refractivity contribution in [2.75, 3.05) is 18.6 Å². The molecule has 192 valence electrons. The van der Waals surface area contributed by atoms with E-state index in [1.807, 2.05) is 36.4 Å². The van der Waals surface area contributed by atoms with E-state index in [0.717, 1.165) is 10.8 Å². The molecule has 1 unspecified atom stereocenters. The van der Waals surface area contributed by atoms with Crippen LogP contribution in [0.25, 0.3) is 16.5 Å². The van der Waals surface area contributed by atoms with Gasteiger partial charge in [0.15, 0.2) is 11.5 Å². The summed E-state index contributed by atoms with van der Waals surface area (Å²) in [5.41, 5.74) is 2.08. The van der Waals surface area contributed by atoms with Crippen LogP contribution in [0.1, 0.15) is 29.7 Å². The summed E-state index contributed by atoms with van der Waals surface area (Å²) in [7, 11) is 1.55. The summed E-state index contributed by atoms with van der Waals surface area (Å²) >= 11 is 0. The summed E-state index contributed by atoms with van der Waals surface area (Å²) in [4.78, 5) is 28.7. The van der Waals surface area contributed by atoms with Crippen LogP contribution < -0.4 is 14.4 Å². The third-order valence-electron chi connectivity index (χ3n) is 6.76. The van der Waals surface area contributed by atoms with E-state index in [4.69, 9.17) is 9.47 Å². The van der Waals surface area contributed by atoms with Gasteiger partial charge in [0.1, 0.15) is 11.5 Å². The number of carbonyl (C=O) groups excluding carboxylic acids is 2. The highest BCUT2D eigenvalue weighted by atomic mass is 16.5. The minimum atomic E-state index is -0.970. The Kier molecular flexibility index (Phi) is 6.51. The number of rotatable bonds is 6. The van der Waals surface area contributed by atoms with Gasteiger partial charge in [0.25, 0.3) is 11.7 Å². The van der Waals surface area contributed by atoms with Crippen LogP contribution in [0.15, 0.2) is 84.4 Å². The monoisotopic (exact) mass is 509 g/mol. The zero-order valence-electron chi connectivity index (χ0n) is 21.3. The zero-order valence-corrected chi connectivity index (χ0v) is 21.3. The van der Waals surface area contributed by atoms with Crippen LogP contribution in [-0.4, -0.2) is 35.6 Å². The van der Waals surface area contributed by atoms with E-state index in [1.54, 1.807) is 57.4 Å². The highest BCUT2D eigenvalue weighted by Gasteiger charge is 2.47. The zero-order chi connectivity index (χ0) is 27.0. The molecule has 38 heavy (non-hydrogen) atoms. The number of aryl methyl sites for hydroxylation is 1. The number of benzene rings is 4. The maximum absolute atomic E-state index is 13.7. The predicted molar refractivity (Wildman–Crippen MR) is 146 cm³/mol. The van der Waals surface area contributed by atoms with Gasteiger partial charge in [0, 0.05) is 10.9 Å². The molecule has 4 aromatic carbocycles. The largest absolute Gasteiger partial charge is 0.507 e.